The Morgan fingerprint density at radius 1 is 1.00 bits per heavy atom. The largest absolute Gasteiger partial charge is 0.182 e. The average molecular weight is 297 g/mol. The van der Waals surface area contributed by atoms with Crippen LogP contribution in [0.4, 0.5) is 0 Å². The second kappa shape index (κ2) is 4.50. The van der Waals surface area contributed by atoms with E-state index < -0.39 is 13.5 Å². The molecule has 0 aromatic heterocycles. The van der Waals surface area contributed by atoms with Crippen molar-refractivity contribution in [3.8, 4) is 0 Å². The van der Waals surface area contributed by atoms with Gasteiger partial charge in [0, 0.05) is 0 Å². The fraction of sp³-hybridized carbons (Fsp3) is 0.750. The highest BCUT2D eigenvalue weighted by Crippen LogP contribution is 2.50. The molecule has 7 heteroatoms. The summed E-state index contributed by atoms with van der Waals surface area (Å²) < 4.78 is -3.60. The van der Waals surface area contributed by atoms with E-state index in [1.165, 1.54) is 0 Å². The molecule has 0 saturated carbocycles. The fourth-order valence-electron chi connectivity index (χ4n) is 0.200. The topological polar surface area (TPSA) is 0 Å². The maximum Gasteiger partial charge on any atom is 0.182 e. The molecule has 0 amide bonds. The van der Waals surface area contributed by atoms with Crippen LogP contribution in [0.5, 0.6) is 0 Å². The molecular weight excluding hydrogens is 296 g/mol. The summed E-state index contributed by atoms with van der Waals surface area (Å²) >= 11 is 38.0. The molecule has 0 aromatic carbocycles. The minimum atomic E-state index is -1.81. The first kappa shape index (κ1) is 13.0. The second-order valence-corrected chi connectivity index (χ2v) is 5.59. The minimum absolute atomic E-state index is 1.17. The lowest BCUT2D eigenvalue weighted by Gasteiger charge is -2.30. The van der Waals surface area contributed by atoms with E-state index in [9.17, 15) is 0 Å². The second-order valence-electron chi connectivity index (χ2n) is 1.59. The smallest absolute Gasteiger partial charge is 0.112 e. The zero-order valence-electron chi connectivity index (χ0n) is 4.72. The molecule has 0 aromatic rings. The van der Waals surface area contributed by atoms with Gasteiger partial charge in [0.15, 0.2) is 8.67 Å². The van der Waals surface area contributed by atoms with Crippen LogP contribution in [0, 0.1) is 5.88 Å². The third kappa shape index (κ3) is 3.02. The predicted octanol–water partition coefficient (Wildman–Crippen LogP) is 4.42. The molecule has 0 unspecified atom stereocenters. The number of alkyl halides is 6. The molecule has 0 heterocycles. The van der Waals surface area contributed by atoms with E-state index in [1.54, 1.807) is 0 Å². The van der Waals surface area contributed by atoms with Crippen molar-refractivity contribution in [3.63, 3.8) is 0 Å². The molecule has 0 aliphatic rings. The molecule has 66 valence electrons. The maximum absolute atomic E-state index is 5.55. The molecule has 0 saturated heterocycles. The van der Waals surface area contributed by atoms with E-state index in [0.29, 0.717) is 0 Å². The summed E-state index contributed by atoms with van der Waals surface area (Å²) in [5, 5.41) is 0. The monoisotopic (exact) mass is 294 g/mol. The molecule has 0 rings (SSSR count). The molecular formula is C4HCl7. The van der Waals surface area contributed by atoms with Gasteiger partial charge < -0.3 is 0 Å². The Morgan fingerprint density at radius 2 is 1.36 bits per heavy atom. The standard InChI is InChI=1S/C4HCl7/c5-1-3(8,9)4(10,11)2(6)7/h2H. The van der Waals surface area contributed by atoms with Gasteiger partial charge in [-0.2, -0.15) is 0 Å². The lowest BCUT2D eigenvalue weighted by molar-refractivity contribution is 0.788. The molecule has 0 aliphatic heterocycles. The van der Waals surface area contributed by atoms with Gasteiger partial charge in [-0.25, -0.2) is 0 Å². The van der Waals surface area contributed by atoms with Crippen LogP contribution in [0.15, 0.2) is 0 Å². The minimum Gasteiger partial charge on any atom is -0.112 e. The Hall–Kier alpha value is 2.03. The van der Waals surface area contributed by atoms with E-state index in [-0.39, 0.29) is 0 Å². The van der Waals surface area contributed by atoms with Gasteiger partial charge in [-0.15, -0.1) is 34.8 Å². The summed E-state index contributed by atoms with van der Waals surface area (Å²) in [4.78, 5) is -1.17. The van der Waals surface area contributed by atoms with Gasteiger partial charge in [0.1, 0.15) is 10.7 Å². The van der Waals surface area contributed by atoms with E-state index in [4.69, 9.17) is 81.2 Å². The highest BCUT2D eigenvalue weighted by Gasteiger charge is 2.52. The zero-order chi connectivity index (χ0) is 9.28. The van der Waals surface area contributed by atoms with Gasteiger partial charge in [-0.1, -0.05) is 46.4 Å². The normalized spacial score (nSPS) is 14.2. The van der Waals surface area contributed by atoms with Crippen molar-refractivity contribution in [2.24, 2.45) is 0 Å². The number of hydrogen-bond donors (Lipinski definition) is 0. The van der Waals surface area contributed by atoms with E-state index in [0.717, 1.165) is 0 Å². The summed E-state index contributed by atoms with van der Waals surface area (Å²) in [6.07, 6.45) is 0. The van der Waals surface area contributed by atoms with Crippen molar-refractivity contribution in [1.82, 2.24) is 0 Å². The molecule has 0 spiro atoms. The van der Waals surface area contributed by atoms with Crippen molar-refractivity contribution in [3.05, 3.63) is 5.88 Å². The van der Waals surface area contributed by atoms with Gasteiger partial charge in [0.25, 0.3) is 0 Å². The Balaban J connectivity index is 4.53. The third-order valence-corrected chi connectivity index (χ3v) is 4.57. The Morgan fingerprint density at radius 3 is 1.45 bits per heavy atom. The van der Waals surface area contributed by atoms with E-state index in [1.807, 2.05) is 5.88 Å². The SMILES string of the molecule is Cl[C]C(Cl)(Cl)C(Cl)(Cl)C(Cl)Cl. The lowest BCUT2D eigenvalue weighted by Crippen LogP contribution is -2.41. The van der Waals surface area contributed by atoms with Gasteiger partial charge >= 0.3 is 0 Å². The fourth-order valence-corrected chi connectivity index (χ4v) is 1.31. The first-order valence-corrected chi connectivity index (χ1v) is 4.93. The molecule has 0 nitrogen and oxygen atoms in total. The molecule has 11 heavy (non-hydrogen) atoms. The third-order valence-electron chi connectivity index (χ3n) is 0.811. The highest BCUT2D eigenvalue weighted by atomic mass is 35.5. The molecule has 0 atom stereocenters. The Labute approximate surface area is 100.0 Å². The maximum atomic E-state index is 5.55. The average Bonchev–Trinajstić information content (AvgIpc) is 1.87. The number of hydrogen-bond acceptors (Lipinski definition) is 0. The summed E-state index contributed by atoms with van der Waals surface area (Å²) in [6.45, 7) is 0. The Bertz CT molecular complexity index is 128. The molecule has 0 N–H and O–H groups in total. The Kier molecular flexibility index (Phi) is 5.33. The summed E-state index contributed by atoms with van der Waals surface area (Å²) in [5.74, 6) is 1.93. The summed E-state index contributed by atoms with van der Waals surface area (Å²) in [5.41, 5.74) is 0. The quantitative estimate of drug-likeness (QED) is 0.677. The molecule has 0 bridgehead atoms. The van der Waals surface area contributed by atoms with Gasteiger partial charge in [-0.3, -0.25) is 0 Å². The van der Waals surface area contributed by atoms with Crippen LogP contribution in [-0.2, 0) is 0 Å². The van der Waals surface area contributed by atoms with Crippen molar-refractivity contribution >= 4 is 81.2 Å². The number of rotatable bonds is 3. The van der Waals surface area contributed by atoms with Crippen LogP contribution < -0.4 is 0 Å². The first-order valence-electron chi connectivity index (χ1n) is 2.17. The van der Waals surface area contributed by atoms with Gasteiger partial charge in [0.2, 0.25) is 0 Å². The summed E-state index contributed by atoms with van der Waals surface area (Å²) in [6, 6.07) is 0. The van der Waals surface area contributed by atoms with Crippen molar-refractivity contribution < 1.29 is 0 Å². The van der Waals surface area contributed by atoms with Crippen LogP contribution in [-0.4, -0.2) is 13.5 Å². The number of halogens is 7. The van der Waals surface area contributed by atoms with E-state index >= 15 is 0 Å². The van der Waals surface area contributed by atoms with Crippen LogP contribution in [0.1, 0.15) is 0 Å². The van der Waals surface area contributed by atoms with Gasteiger partial charge in [0.05, 0.1) is 0 Å². The molecule has 2 radical (unpaired) electrons. The zero-order valence-corrected chi connectivity index (χ0v) is 10.0. The van der Waals surface area contributed by atoms with Crippen LogP contribution in [0.25, 0.3) is 0 Å². The lowest BCUT2D eigenvalue weighted by atomic mass is 10.3. The molecule has 0 aliphatic carbocycles. The molecule has 0 fully saturated rings. The van der Waals surface area contributed by atoms with Crippen LogP contribution >= 0.6 is 81.2 Å². The van der Waals surface area contributed by atoms with Gasteiger partial charge in [-0.05, 0) is 0 Å². The summed E-state index contributed by atoms with van der Waals surface area (Å²) in [7, 11) is 0. The highest BCUT2D eigenvalue weighted by molar-refractivity contribution is 6.69. The van der Waals surface area contributed by atoms with Crippen molar-refractivity contribution in [1.29, 1.82) is 0 Å². The first-order chi connectivity index (χ1) is 4.75. The van der Waals surface area contributed by atoms with Crippen molar-refractivity contribution in [2.45, 2.75) is 13.5 Å². The predicted molar refractivity (Wildman–Crippen MR) is 53.5 cm³/mol. The van der Waals surface area contributed by atoms with Crippen molar-refractivity contribution in [2.75, 3.05) is 0 Å². The van der Waals surface area contributed by atoms with Crippen LogP contribution in [0.3, 0.4) is 0 Å². The van der Waals surface area contributed by atoms with Crippen LogP contribution in [0.2, 0.25) is 0 Å². The van der Waals surface area contributed by atoms with E-state index in [2.05, 4.69) is 0 Å².